The molecule has 2 aromatic rings. The van der Waals surface area contributed by atoms with Crippen molar-refractivity contribution in [2.45, 2.75) is 20.8 Å². The normalized spacial score (nSPS) is 9.54. The van der Waals surface area contributed by atoms with Gasteiger partial charge in [0.25, 0.3) is 5.91 Å². The van der Waals surface area contributed by atoms with E-state index < -0.39 is 11.7 Å². The third-order valence-corrected chi connectivity index (χ3v) is 2.99. The van der Waals surface area contributed by atoms with E-state index in [-0.39, 0.29) is 36.0 Å². The molecule has 7 nitrogen and oxygen atoms in total. The fourth-order valence-electron chi connectivity index (χ4n) is 1.87. The van der Waals surface area contributed by atoms with Crippen molar-refractivity contribution in [1.82, 2.24) is 10.5 Å². The molecule has 0 fully saturated rings. The summed E-state index contributed by atoms with van der Waals surface area (Å²) in [5.74, 6) is -1.14. The molecular weight excluding hydrogens is 339 g/mol. The van der Waals surface area contributed by atoms with Crippen LogP contribution in [0.15, 0.2) is 30.3 Å². The van der Waals surface area contributed by atoms with Gasteiger partial charge in [-0.15, -0.1) is 0 Å². The molecule has 0 aliphatic rings. The Hall–Kier alpha value is -3.02. The first-order chi connectivity index (χ1) is 12.5. The van der Waals surface area contributed by atoms with Crippen LogP contribution in [-0.2, 0) is 4.84 Å². The zero-order valence-electron chi connectivity index (χ0n) is 14.8. The van der Waals surface area contributed by atoms with E-state index >= 15 is 0 Å². The number of anilines is 2. The summed E-state index contributed by atoms with van der Waals surface area (Å²) < 4.78 is 14.0. The number of aliphatic hydroxyl groups is 1. The Balaban J connectivity index is 0.00000163. The molecule has 1 aromatic heterocycles. The topological polar surface area (TPSA) is 107 Å². The number of nitrogens with one attached hydrogen (secondary N) is 2. The summed E-state index contributed by atoms with van der Waals surface area (Å²) in [6.07, 6.45) is 0. The van der Waals surface area contributed by atoms with Crippen molar-refractivity contribution in [2.75, 3.05) is 18.5 Å². The lowest BCUT2D eigenvalue weighted by atomic mass is 10.2. The smallest absolute Gasteiger partial charge is 0.278 e. The number of rotatable bonds is 6. The molecule has 0 aliphatic heterocycles. The Morgan fingerprint density at radius 2 is 2.08 bits per heavy atom. The quantitative estimate of drug-likeness (QED) is 0.540. The standard InChI is InChI=1S/C16H15FN4O3.C2H6/c1-10-2-5-14(13(17)8-10)20-15-12(4-3-11(9-18)19-15)16(23)21-24-7-6-22;1-2/h2-5,8,22H,6-7H2,1H3,(H,19,20)(H,21,23);1-2H3. The van der Waals surface area contributed by atoms with Gasteiger partial charge >= 0.3 is 0 Å². The van der Waals surface area contributed by atoms with Crippen LogP contribution in [0.4, 0.5) is 15.9 Å². The van der Waals surface area contributed by atoms with Gasteiger partial charge in [-0.2, -0.15) is 5.26 Å². The zero-order valence-corrected chi connectivity index (χ0v) is 14.8. The minimum atomic E-state index is -0.643. The lowest BCUT2D eigenvalue weighted by Gasteiger charge is -2.12. The minimum absolute atomic E-state index is 0.0156. The van der Waals surface area contributed by atoms with Crippen LogP contribution in [0, 0.1) is 24.1 Å². The summed E-state index contributed by atoms with van der Waals surface area (Å²) >= 11 is 0. The van der Waals surface area contributed by atoms with Crippen LogP contribution >= 0.6 is 0 Å². The maximum atomic E-state index is 14.0. The second kappa shape index (κ2) is 10.8. The molecule has 0 unspecified atom stereocenters. The van der Waals surface area contributed by atoms with Gasteiger partial charge in [-0.25, -0.2) is 14.9 Å². The fraction of sp³-hybridized carbons (Fsp3) is 0.278. The van der Waals surface area contributed by atoms with Crippen LogP contribution in [0.25, 0.3) is 0 Å². The molecule has 1 heterocycles. The molecule has 1 aromatic carbocycles. The summed E-state index contributed by atoms with van der Waals surface area (Å²) in [5.41, 5.74) is 3.12. The number of hydrogen-bond acceptors (Lipinski definition) is 6. The molecule has 0 aliphatic carbocycles. The Morgan fingerprint density at radius 3 is 2.69 bits per heavy atom. The van der Waals surface area contributed by atoms with Gasteiger partial charge in [0.05, 0.1) is 24.5 Å². The monoisotopic (exact) mass is 360 g/mol. The highest BCUT2D eigenvalue weighted by molar-refractivity contribution is 5.98. The van der Waals surface area contributed by atoms with Crippen LogP contribution in [-0.4, -0.2) is 29.2 Å². The molecule has 8 heteroatoms. The fourth-order valence-corrected chi connectivity index (χ4v) is 1.87. The van der Waals surface area contributed by atoms with Gasteiger partial charge in [0, 0.05) is 0 Å². The van der Waals surface area contributed by atoms with Crippen molar-refractivity contribution in [1.29, 1.82) is 5.26 Å². The molecule has 0 atom stereocenters. The second-order valence-corrected chi connectivity index (χ2v) is 4.82. The first-order valence-electron chi connectivity index (χ1n) is 8.02. The van der Waals surface area contributed by atoms with E-state index in [2.05, 4.69) is 15.8 Å². The van der Waals surface area contributed by atoms with Crippen molar-refractivity contribution < 1.29 is 19.1 Å². The maximum Gasteiger partial charge on any atom is 0.278 e. The number of halogens is 1. The Labute approximate surface area is 151 Å². The lowest BCUT2D eigenvalue weighted by molar-refractivity contribution is 0.0168. The summed E-state index contributed by atoms with van der Waals surface area (Å²) in [6, 6.07) is 9.13. The van der Waals surface area contributed by atoms with E-state index in [1.54, 1.807) is 13.0 Å². The van der Waals surface area contributed by atoms with Gasteiger partial charge in [0.15, 0.2) is 0 Å². The molecule has 2 rings (SSSR count). The molecule has 0 radical (unpaired) electrons. The van der Waals surface area contributed by atoms with Crippen LogP contribution < -0.4 is 10.8 Å². The van der Waals surface area contributed by atoms with E-state index in [1.165, 1.54) is 24.3 Å². The van der Waals surface area contributed by atoms with Crippen molar-refractivity contribution in [3.8, 4) is 6.07 Å². The molecule has 0 spiro atoms. The molecule has 0 saturated carbocycles. The third-order valence-electron chi connectivity index (χ3n) is 2.99. The van der Waals surface area contributed by atoms with Gasteiger partial charge in [-0.05, 0) is 36.8 Å². The van der Waals surface area contributed by atoms with E-state index in [0.717, 1.165) is 5.56 Å². The van der Waals surface area contributed by atoms with Crippen LogP contribution in [0.3, 0.4) is 0 Å². The average Bonchev–Trinajstić information content (AvgIpc) is 2.65. The highest BCUT2D eigenvalue weighted by atomic mass is 19.1. The van der Waals surface area contributed by atoms with Crippen LogP contribution in [0.5, 0.6) is 0 Å². The molecule has 138 valence electrons. The Morgan fingerprint density at radius 1 is 1.35 bits per heavy atom. The van der Waals surface area contributed by atoms with E-state index in [1.807, 2.05) is 19.9 Å². The Kier molecular flexibility index (Phi) is 8.70. The van der Waals surface area contributed by atoms with Gasteiger partial charge in [-0.1, -0.05) is 19.9 Å². The zero-order chi connectivity index (χ0) is 19.5. The second-order valence-electron chi connectivity index (χ2n) is 4.82. The van der Waals surface area contributed by atoms with Crippen molar-refractivity contribution in [3.05, 3.63) is 53.0 Å². The average molecular weight is 360 g/mol. The number of hydrogen-bond donors (Lipinski definition) is 3. The number of carbonyl (C=O) groups is 1. The summed E-state index contributed by atoms with van der Waals surface area (Å²) in [5, 5.41) is 20.3. The van der Waals surface area contributed by atoms with Gasteiger partial charge in [0.1, 0.15) is 23.4 Å². The van der Waals surface area contributed by atoms with Crippen LogP contribution in [0.1, 0.15) is 35.5 Å². The predicted molar refractivity (Wildman–Crippen MR) is 95.2 cm³/mol. The van der Waals surface area contributed by atoms with Crippen molar-refractivity contribution >= 4 is 17.4 Å². The SMILES string of the molecule is CC.Cc1ccc(Nc2nc(C#N)ccc2C(=O)NOCCO)c(F)c1. The van der Waals surface area contributed by atoms with Crippen molar-refractivity contribution in [3.63, 3.8) is 0 Å². The molecule has 1 amide bonds. The first kappa shape index (κ1) is 21.0. The summed E-state index contributed by atoms with van der Waals surface area (Å²) in [4.78, 5) is 20.8. The van der Waals surface area contributed by atoms with Crippen LogP contribution in [0.2, 0.25) is 0 Å². The number of aryl methyl sites for hydroxylation is 1. The third kappa shape index (κ3) is 5.81. The number of aromatic nitrogens is 1. The predicted octanol–water partition coefficient (Wildman–Crippen LogP) is 2.82. The van der Waals surface area contributed by atoms with Crippen molar-refractivity contribution in [2.24, 2.45) is 0 Å². The first-order valence-corrected chi connectivity index (χ1v) is 8.02. The number of nitriles is 1. The summed E-state index contributed by atoms with van der Waals surface area (Å²) in [6.45, 7) is 5.41. The number of benzene rings is 1. The number of aliphatic hydroxyl groups excluding tert-OH is 1. The molecule has 0 bridgehead atoms. The molecular formula is C18H21FN4O3. The highest BCUT2D eigenvalue weighted by Gasteiger charge is 2.15. The largest absolute Gasteiger partial charge is 0.394 e. The molecule has 3 N–H and O–H groups in total. The Bertz CT molecular complexity index is 790. The summed E-state index contributed by atoms with van der Waals surface area (Å²) in [7, 11) is 0. The van der Waals surface area contributed by atoms with E-state index in [9.17, 15) is 9.18 Å². The van der Waals surface area contributed by atoms with E-state index in [4.69, 9.17) is 15.2 Å². The lowest BCUT2D eigenvalue weighted by Crippen LogP contribution is -2.26. The number of amides is 1. The number of carbonyl (C=O) groups excluding carboxylic acids is 1. The molecule has 26 heavy (non-hydrogen) atoms. The van der Waals surface area contributed by atoms with Gasteiger partial charge in [-0.3, -0.25) is 9.63 Å². The highest BCUT2D eigenvalue weighted by Crippen LogP contribution is 2.22. The number of nitrogens with zero attached hydrogens (tertiary/aromatic N) is 2. The number of pyridine rings is 1. The van der Waals surface area contributed by atoms with Gasteiger partial charge < -0.3 is 10.4 Å². The maximum absolute atomic E-state index is 14.0. The van der Waals surface area contributed by atoms with Gasteiger partial charge in [0.2, 0.25) is 0 Å². The molecule has 0 saturated heterocycles. The number of hydroxylamine groups is 1. The minimum Gasteiger partial charge on any atom is -0.394 e. The van der Waals surface area contributed by atoms with E-state index in [0.29, 0.717) is 0 Å².